The zero-order valence-corrected chi connectivity index (χ0v) is 17.4. The number of nitrogens with one attached hydrogen (secondary N) is 3. The van der Waals surface area contributed by atoms with E-state index in [1.165, 1.54) is 12.8 Å². The molecule has 1 saturated heterocycles. The maximum absolute atomic E-state index is 13.4. The van der Waals surface area contributed by atoms with Crippen molar-refractivity contribution in [3.8, 4) is 0 Å². The van der Waals surface area contributed by atoms with Gasteiger partial charge in [-0.15, -0.1) is 0 Å². The topological polar surface area (TPSA) is 86.9 Å². The van der Waals surface area contributed by atoms with E-state index in [-0.39, 0.29) is 5.03 Å². The Kier molecular flexibility index (Phi) is 4.92. The predicted octanol–water partition coefficient (Wildman–Crippen LogP) is 3.96. The average Bonchev–Trinajstić information content (AvgIpc) is 3.22. The van der Waals surface area contributed by atoms with Gasteiger partial charge in [0.1, 0.15) is 0 Å². The first-order valence-corrected chi connectivity index (χ1v) is 11.8. The van der Waals surface area contributed by atoms with Crippen molar-refractivity contribution in [3.05, 3.63) is 60.7 Å². The minimum absolute atomic E-state index is 0.138. The van der Waals surface area contributed by atoms with Crippen LogP contribution in [-0.2, 0) is 9.84 Å². The molecule has 0 spiro atoms. The van der Waals surface area contributed by atoms with E-state index in [0.29, 0.717) is 27.1 Å². The molecule has 2 heterocycles. The number of piperidine rings is 1. The van der Waals surface area contributed by atoms with Crippen LogP contribution in [0.2, 0.25) is 0 Å². The SMILES string of the molecule is O=S(=O)(c1cccc2ccccc12)c1[nH]nc2cc(NCC3CCNCC3)ccc12. The van der Waals surface area contributed by atoms with E-state index >= 15 is 0 Å². The van der Waals surface area contributed by atoms with Gasteiger partial charge >= 0.3 is 0 Å². The second-order valence-electron chi connectivity index (χ2n) is 7.84. The number of fused-ring (bicyclic) bond motifs is 2. The van der Waals surface area contributed by atoms with Crippen LogP contribution < -0.4 is 10.6 Å². The molecule has 1 aromatic heterocycles. The fourth-order valence-electron chi connectivity index (χ4n) is 4.19. The third-order valence-corrected chi connectivity index (χ3v) is 7.67. The number of anilines is 1. The number of H-pyrrole nitrogens is 1. The van der Waals surface area contributed by atoms with Crippen LogP contribution in [-0.4, -0.2) is 38.2 Å². The summed E-state index contributed by atoms with van der Waals surface area (Å²) in [5, 5.41) is 16.3. The number of nitrogens with zero attached hydrogens (tertiary/aromatic N) is 1. The minimum atomic E-state index is -3.74. The predicted molar refractivity (Wildman–Crippen MR) is 120 cm³/mol. The number of hydrogen-bond donors (Lipinski definition) is 3. The van der Waals surface area contributed by atoms with Gasteiger partial charge in [-0.3, -0.25) is 5.10 Å². The molecule has 0 aliphatic carbocycles. The third kappa shape index (κ3) is 3.44. The summed E-state index contributed by atoms with van der Waals surface area (Å²) in [6.45, 7) is 3.05. The van der Waals surface area contributed by atoms with Crippen molar-refractivity contribution < 1.29 is 8.42 Å². The molecule has 6 nitrogen and oxygen atoms in total. The minimum Gasteiger partial charge on any atom is -0.385 e. The van der Waals surface area contributed by atoms with Gasteiger partial charge < -0.3 is 10.6 Å². The molecule has 4 aromatic rings. The van der Waals surface area contributed by atoms with Gasteiger partial charge in [-0.25, -0.2) is 8.42 Å². The summed E-state index contributed by atoms with van der Waals surface area (Å²) in [5.41, 5.74) is 1.60. The van der Waals surface area contributed by atoms with Crippen molar-refractivity contribution in [3.63, 3.8) is 0 Å². The van der Waals surface area contributed by atoms with E-state index in [0.717, 1.165) is 30.7 Å². The normalized spacial score (nSPS) is 15.6. The van der Waals surface area contributed by atoms with Crippen molar-refractivity contribution in [1.82, 2.24) is 15.5 Å². The molecule has 0 bridgehead atoms. The summed E-state index contributed by atoms with van der Waals surface area (Å²) in [6.07, 6.45) is 2.34. The van der Waals surface area contributed by atoms with Gasteiger partial charge in [0.05, 0.1) is 10.4 Å². The van der Waals surface area contributed by atoms with Crippen molar-refractivity contribution in [2.45, 2.75) is 22.8 Å². The molecule has 1 aliphatic rings. The number of aromatic nitrogens is 2. The van der Waals surface area contributed by atoms with Crippen molar-refractivity contribution in [2.75, 3.05) is 25.0 Å². The molecule has 3 aromatic carbocycles. The summed E-state index contributed by atoms with van der Waals surface area (Å²) < 4.78 is 26.9. The highest BCUT2D eigenvalue weighted by atomic mass is 32.2. The Labute approximate surface area is 175 Å². The molecule has 5 rings (SSSR count). The molecule has 1 fully saturated rings. The maximum Gasteiger partial charge on any atom is 0.224 e. The van der Waals surface area contributed by atoms with E-state index in [1.807, 2.05) is 48.5 Å². The number of rotatable bonds is 5. The summed E-state index contributed by atoms with van der Waals surface area (Å²) in [4.78, 5) is 0.291. The number of aromatic amines is 1. The molecular weight excluding hydrogens is 396 g/mol. The highest BCUT2D eigenvalue weighted by molar-refractivity contribution is 7.91. The van der Waals surface area contributed by atoms with E-state index in [4.69, 9.17) is 0 Å². The van der Waals surface area contributed by atoms with E-state index in [1.54, 1.807) is 12.1 Å². The van der Waals surface area contributed by atoms with Crippen LogP contribution in [0.25, 0.3) is 21.7 Å². The van der Waals surface area contributed by atoms with Crippen LogP contribution in [0.3, 0.4) is 0 Å². The van der Waals surface area contributed by atoms with Crippen molar-refractivity contribution in [2.24, 2.45) is 5.92 Å². The Balaban J connectivity index is 1.47. The van der Waals surface area contributed by atoms with Gasteiger partial charge in [0, 0.05) is 23.0 Å². The van der Waals surface area contributed by atoms with Crippen molar-refractivity contribution in [1.29, 1.82) is 0 Å². The first-order chi connectivity index (χ1) is 14.6. The molecule has 3 N–H and O–H groups in total. The van der Waals surface area contributed by atoms with Gasteiger partial charge in [-0.2, -0.15) is 5.10 Å². The Bertz CT molecular complexity index is 1300. The fraction of sp³-hybridized carbons (Fsp3) is 0.261. The Morgan fingerprint density at radius 2 is 1.77 bits per heavy atom. The fourth-order valence-corrected chi connectivity index (χ4v) is 5.77. The number of benzene rings is 3. The maximum atomic E-state index is 13.4. The van der Waals surface area contributed by atoms with Crippen LogP contribution >= 0.6 is 0 Å². The molecule has 0 radical (unpaired) electrons. The van der Waals surface area contributed by atoms with E-state index in [2.05, 4.69) is 20.8 Å². The zero-order valence-electron chi connectivity index (χ0n) is 16.6. The largest absolute Gasteiger partial charge is 0.385 e. The van der Waals surface area contributed by atoms with E-state index in [9.17, 15) is 8.42 Å². The van der Waals surface area contributed by atoms with Crippen LogP contribution in [0.4, 0.5) is 5.69 Å². The molecule has 0 saturated carbocycles. The second-order valence-corrected chi connectivity index (χ2v) is 9.69. The standard InChI is InChI=1S/C23H24N4O2S/c28-30(29,22-7-3-5-17-4-1-2-6-19(17)22)23-20-9-8-18(14-21(20)26-27-23)25-15-16-10-12-24-13-11-16/h1-9,14,16,24-25H,10-13,15H2,(H,26,27). The van der Waals surface area contributed by atoms with Crippen LogP contribution in [0, 0.1) is 5.92 Å². The zero-order chi connectivity index (χ0) is 20.6. The van der Waals surface area contributed by atoms with Gasteiger partial charge in [0.2, 0.25) is 9.84 Å². The molecule has 30 heavy (non-hydrogen) atoms. The van der Waals surface area contributed by atoms with Gasteiger partial charge in [-0.1, -0.05) is 36.4 Å². The summed E-state index contributed by atoms with van der Waals surface area (Å²) in [5.74, 6) is 0.656. The van der Waals surface area contributed by atoms with Crippen LogP contribution in [0.5, 0.6) is 0 Å². The molecule has 154 valence electrons. The molecule has 7 heteroatoms. The van der Waals surface area contributed by atoms with Gasteiger partial charge in [-0.05, 0) is 61.5 Å². The molecule has 0 atom stereocenters. The first-order valence-electron chi connectivity index (χ1n) is 10.3. The lowest BCUT2D eigenvalue weighted by atomic mass is 9.98. The monoisotopic (exact) mass is 420 g/mol. The lowest BCUT2D eigenvalue weighted by molar-refractivity contribution is 0.390. The number of hydrogen-bond acceptors (Lipinski definition) is 5. The van der Waals surface area contributed by atoms with Gasteiger partial charge in [0.15, 0.2) is 5.03 Å². The number of sulfone groups is 1. The Morgan fingerprint density at radius 3 is 2.63 bits per heavy atom. The molecule has 0 unspecified atom stereocenters. The highest BCUT2D eigenvalue weighted by Crippen LogP contribution is 2.32. The highest BCUT2D eigenvalue weighted by Gasteiger charge is 2.25. The molecule has 1 aliphatic heterocycles. The average molecular weight is 421 g/mol. The quantitative estimate of drug-likeness (QED) is 0.455. The molecule has 0 amide bonds. The van der Waals surface area contributed by atoms with Crippen molar-refractivity contribution >= 4 is 37.2 Å². The smallest absolute Gasteiger partial charge is 0.224 e. The van der Waals surface area contributed by atoms with Crippen LogP contribution in [0.1, 0.15) is 12.8 Å². The van der Waals surface area contributed by atoms with Gasteiger partial charge in [0.25, 0.3) is 0 Å². The molecular formula is C23H24N4O2S. The Morgan fingerprint density at radius 1 is 0.967 bits per heavy atom. The summed E-state index contributed by atoms with van der Waals surface area (Å²) in [6, 6.07) is 18.5. The first kappa shape index (κ1) is 19.1. The summed E-state index contributed by atoms with van der Waals surface area (Å²) in [7, 11) is -3.74. The van der Waals surface area contributed by atoms with E-state index < -0.39 is 9.84 Å². The second kappa shape index (κ2) is 7.74. The lowest BCUT2D eigenvalue weighted by Crippen LogP contribution is -2.31. The van der Waals surface area contributed by atoms with Crippen LogP contribution in [0.15, 0.2) is 70.6 Å². The summed E-state index contributed by atoms with van der Waals surface area (Å²) >= 11 is 0. The third-order valence-electron chi connectivity index (χ3n) is 5.88. The lowest BCUT2D eigenvalue weighted by Gasteiger charge is -2.23. The Hall–Kier alpha value is -2.90.